The van der Waals surface area contributed by atoms with Crippen molar-refractivity contribution in [2.24, 2.45) is 11.0 Å². The van der Waals surface area contributed by atoms with Crippen molar-refractivity contribution in [1.82, 2.24) is 10.7 Å². The van der Waals surface area contributed by atoms with Crippen LogP contribution in [0.2, 0.25) is 10.0 Å². The van der Waals surface area contributed by atoms with Gasteiger partial charge in [-0.1, -0.05) is 43.0 Å². The van der Waals surface area contributed by atoms with E-state index in [0.717, 1.165) is 5.56 Å². The van der Waals surface area contributed by atoms with Gasteiger partial charge in [0.05, 0.1) is 17.8 Å². The molecule has 0 radical (unpaired) electrons. The van der Waals surface area contributed by atoms with Crippen molar-refractivity contribution in [3.8, 4) is 23.8 Å². The number of halogens is 2. The van der Waals surface area contributed by atoms with Crippen LogP contribution in [0.5, 0.6) is 11.5 Å². The van der Waals surface area contributed by atoms with Crippen LogP contribution in [-0.2, 0) is 9.59 Å². The summed E-state index contributed by atoms with van der Waals surface area (Å²) in [7, 11) is 0. The summed E-state index contributed by atoms with van der Waals surface area (Å²) in [6.45, 7) is 4.44. The number of hydrogen-bond donors (Lipinski definition) is 2. The highest BCUT2D eigenvalue weighted by Crippen LogP contribution is 2.27. The summed E-state index contributed by atoms with van der Waals surface area (Å²) in [5.41, 5.74) is 3.27. The minimum absolute atomic E-state index is 0.191. The molecule has 2 N–H and O–H groups in total. The summed E-state index contributed by atoms with van der Waals surface area (Å²) in [6.07, 6.45) is 7.81. The third-order valence-electron chi connectivity index (χ3n) is 4.65. The van der Waals surface area contributed by atoms with Gasteiger partial charge in [0.25, 0.3) is 5.91 Å². The zero-order valence-electron chi connectivity index (χ0n) is 19.7. The molecule has 35 heavy (non-hydrogen) atoms. The highest BCUT2D eigenvalue weighted by molar-refractivity contribution is 6.35. The van der Waals surface area contributed by atoms with Gasteiger partial charge in [-0.2, -0.15) is 5.10 Å². The standard InChI is InChI=1S/C26H29Cl2N3O4/c1-4-13-34-21-10-7-19(8-11-21)17-29-31-26(33)23(15-18(2)3)30-25(32)6-5-14-35-24-12-9-20(27)16-22(24)28/h1,7-12,16-18,23H,5-6,13-15H2,2-3H3,(H,30,32)(H,31,33)/b29-17-/t23-/m0/s1. The van der Waals surface area contributed by atoms with Crippen molar-refractivity contribution in [3.05, 3.63) is 58.1 Å². The van der Waals surface area contributed by atoms with Crippen LogP contribution in [0.25, 0.3) is 0 Å². The van der Waals surface area contributed by atoms with E-state index < -0.39 is 6.04 Å². The number of hydrazone groups is 1. The van der Waals surface area contributed by atoms with E-state index in [-0.39, 0.29) is 30.8 Å². The lowest BCUT2D eigenvalue weighted by Crippen LogP contribution is -2.46. The van der Waals surface area contributed by atoms with Gasteiger partial charge in [0.15, 0.2) is 0 Å². The molecule has 0 fully saturated rings. The smallest absolute Gasteiger partial charge is 0.262 e. The summed E-state index contributed by atoms with van der Waals surface area (Å²) in [4.78, 5) is 25.0. The Morgan fingerprint density at radius 3 is 2.54 bits per heavy atom. The van der Waals surface area contributed by atoms with Crippen molar-refractivity contribution < 1.29 is 19.1 Å². The molecular formula is C26H29Cl2N3O4. The molecule has 7 nitrogen and oxygen atoms in total. The van der Waals surface area contributed by atoms with Crippen molar-refractivity contribution >= 4 is 41.2 Å². The topological polar surface area (TPSA) is 89.0 Å². The third-order valence-corrected chi connectivity index (χ3v) is 5.18. The minimum atomic E-state index is -0.703. The Labute approximate surface area is 216 Å². The van der Waals surface area contributed by atoms with Gasteiger partial charge in [0.1, 0.15) is 24.1 Å². The molecule has 186 valence electrons. The van der Waals surface area contributed by atoms with Crippen molar-refractivity contribution in [3.63, 3.8) is 0 Å². The van der Waals surface area contributed by atoms with Gasteiger partial charge >= 0.3 is 0 Å². The van der Waals surface area contributed by atoms with E-state index in [1.807, 2.05) is 13.8 Å². The summed E-state index contributed by atoms with van der Waals surface area (Å²) in [6, 6.07) is 11.3. The summed E-state index contributed by atoms with van der Waals surface area (Å²) in [5, 5.41) is 7.71. The van der Waals surface area contributed by atoms with E-state index in [1.54, 1.807) is 42.5 Å². The number of carbonyl (C=O) groups excluding carboxylic acids is 2. The fraction of sp³-hybridized carbons (Fsp3) is 0.346. The fourth-order valence-corrected chi connectivity index (χ4v) is 3.46. The molecule has 2 rings (SSSR count). The fourth-order valence-electron chi connectivity index (χ4n) is 3.00. The van der Waals surface area contributed by atoms with E-state index in [9.17, 15) is 9.59 Å². The van der Waals surface area contributed by atoms with Crippen LogP contribution in [0.3, 0.4) is 0 Å². The number of carbonyl (C=O) groups is 2. The van der Waals surface area contributed by atoms with Crippen molar-refractivity contribution in [2.45, 2.75) is 39.2 Å². The Bertz CT molecular complexity index is 1050. The van der Waals surface area contributed by atoms with Gasteiger partial charge in [0.2, 0.25) is 5.91 Å². The largest absolute Gasteiger partial charge is 0.492 e. The van der Waals surface area contributed by atoms with Gasteiger partial charge in [-0.25, -0.2) is 5.43 Å². The lowest BCUT2D eigenvalue weighted by Gasteiger charge is -2.19. The molecule has 0 saturated heterocycles. The number of nitrogens with zero attached hydrogens (tertiary/aromatic N) is 1. The van der Waals surface area contributed by atoms with Gasteiger partial charge in [0, 0.05) is 11.4 Å². The molecule has 0 unspecified atom stereocenters. The van der Waals surface area contributed by atoms with Gasteiger partial charge in [-0.05, 0) is 66.8 Å². The van der Waals surface area contributed by atoms with Crippen molar-refractivity contribution in [2.75, 3.05) is 13.2 Å². The summed E-state index contributed by atoms with van der Waals surface area (Å²) < 4.78 is 10.9. The lowest BCUT2D eigenvalue weighted by atomic mass is 10.0. The number of rotatable bonds is 13. The molecule has 1 atom stereocenters. The van der Waals surface area contributed by atoms with E-state index in [4.69, 9.17) is 39.1 Å². The highest BCUT2D eigenvalue weighted by Gasteiger charge is 2.21. The number of hydrogen-bond acceptors (Lipinski definition) is 5. The van der Waals surface area contributed by atoms with E-state index in [0.29, 0.717) is 41.0 Å². The quantitative estimate of drug-likeness (QED) is 0.172. The second kappa shape index (κ2) is 14.9. The maximum atomic E-state index is 12.6. The normalized spacial score (nSPS) is 11.7. The second-order valence-corrected chi connectivity index (χ2v) is 8.92. The first-order valence-electron chi connectivity index (χ1n) is 11.1. The predicted molar refractivity (Wildman–Crippen MR) is 139 cm³/mol. The number of amides is 2. The number of nitrogens with one attached hydrogen (secondary N) is 2. The molecule has 2 amide bonds. The van der Waals surface area contributed by atoms with Gasteiger partial charge < -0.3 is 14.8 Å². The second-order valence-electron chi connectivity index (χ2n) is 8.07. The Kier molecular flexibility index (Phi) is 12.0. The number of benzene rings is 2. The maximum Gasteiger partial charge on any atom is 0.262 e. The third kappa shape index (κ3) is 10.7. The van der Waals surface area contributed by atoms with Crippen molar-refractivity contribution in [1.29, 1.82) is 0 Å². The Balaban J connectivity index is 1.81. The average molecular weight is 518 g/mol. The minimum Gasteiger partial charge on any atom is -0.492 e. The Hall–Kier alpha value is -3.21. The first-order valence-corrected chi connectivity index (χ1v) is 11.9. The average Bonchev–Trinajstić information content (AvgIpc) is 2.81. The molecule has 0 spiro atoms. The van der Waals surface area contributed by atoms with E-state index in [1.165, 1.54) is 6.21 Å². The molecule has 0 aliphatic rings. The van der Waals surface area contributed by atoms with Gasteiger partial charge in [-0.3, -0.25) is 9.59 Å². The van der Waals surface area contributed by atoms with Gasteiger partial charge in [-0.15, -0.1) is 6.42 Å². The molecule has 0 aliphatic heterocycles. The zero-order valence-corrected chi connectivity index (χ0v) is 21.2. The van der Waals surface area contributed by atoms with Crippen LogP contribution in [-0.4, -0.2) is 37.3 Å². The monoisotopic (exact) mass is 517 g/mol. The van der Waals surface area contributed by atoms with Crippen LogP contribution in [0.4, 0.5) is 0 Å². The van der Waals surface area contributed by atoms with Crippen LogP contribution in [0.1, 0.15) is 38.7 Å². The van der Waals surface area contributed by atoms with Crippen LogP contribution >= 0.6 is 23.2 Å². The molecule has 0 heterocycles. The first-order chi connectivity index (χ1) is 16.8. The maximum absolute atomic E-state index is 12.6. The predicted octanol–water partition coefficient (Wildman–Crippen LogP) is 4.85. The number of terminal acetylenes is 1. The lowest BCUT2D eigenvalue weighted by molar-refractivity contribution is -0.129. The molecule has 2 aromatic carbocycles. The van der Waals surface area contributed by atoms with Crippen LogP contribution < -0.4 is 20.2 Å². The molecule has 2 aromatic rings. The Morgan fingerprint density at radius 2 is 1.89 bits per heavy atom. The highest BCUT2D eigenvalue weighted by atomic mass is 35.5. The molecule has 0 aromatic heterocycles. The van der Waals surface area contributed by atoms with E-state index in [2.05, 4.69) is 21.8 Å². The zero-order chi connectivity index (χ0) is 25.6. The molecule has 0 bridgehead atoms. The Morgan fingerprint density at radius 1 is 1.14 bits per heavy atom. The summed E-state index contributed by atoms with van der Waals surface area (Å²) in [5.74, 6) is 3.10. The number of ether oxygens (including phenoxy) is 2. The van der Waals surface area contributed by atoms with Crippen LogP contribution in [0.15, 0.2) is 47.6 Å². The first kappa shape index (κ1) is 28.0. The van der Waals surface area contributed by atoms with Crippen LogP contribution in [0, 0.1) is 18.3 Å². The van der Waals surface area contributed by atoms with E-state index >= 15 is 0 Å². The molecule has 0 saturated carbocycles. The summed E-state index contributed by atoms with van der Waals surface area (Å²) >= 11 is 11.9. The SMILES string of the molecule is C#CCOc1ccc(/C=N\NC(=O)[C@H](CC(C)C)NC(=O)CCCOc2ccc(Cl)cc2Cl)cc1. The molecule has 9 heteroatoms. The molecular weight excluding hydrogens is 489 g/mol. The molecule has 0 aliphatic carbocycles.